The summed E-state index contributed by atoms with van der Waals surface area (Å²) in [7, 11) is 6.02. The molecule has 0 rings (SSSR count). The molecule has 0 fully saturated rings. The van der Waals surface area contributed by atoms with Crippen LogP contribution in [0.3, 0.4) is 0 Å². The third-order valence-corrected chi connectivity index (χ3v) is 1.83. The highest BCUT2D eigenvalue weighted by molar-refractivity contribution is 5.86. The van der Waals surface area contributed by atoms with E-state index in [-0.39, 0.29) is 18.6 Å². The van der Waals surface area contributed by atoms with E-state index in [1.54, 1.807) is 6.92 Å². The molecule has 1 atom stereocenters. The number of carbonyl (C=O) groups is 1. The van der Waals surface area contributed by atoms with E-state index in [1.165, 1.54) is 0 Å². The molecule has 0 saturated carbocycles. The number of hydrogen-bond donors (Lipinski definition) is 1. The average Bonchev–Trinajstić information content (AvgIpc) is 1.97. The molecule has 0 aromatic rings. The Hall–Kier alpha value is -0.580. The summed E-state index contributed by atoms with van der Waals surface area (Å²) in [4.78, 5) is 15.8. The van der Waals surface area contributed by atoms with Crippen LogP contribution >= 0.6 is 0 Å². The van der Waals surface area contributed by atoms with Crippen LogP contribution in [0.4, 0.5) is 0 Å². The van der Waals surface area contributed by atoms with Crippen LogP contribution in [0.25, 0.3) is 0 Å². The minimum absolute atomic E-state index is 0. The normalized spacial score (nSPS) is 12.6. The predicted octanol–water partition coefficient (Wildman–Crippen LogP) is -2.33. The first-order chi connectivity index (χ1) is 5.75. The number of quaternary nitrogens is 1. The lowest BCUT2D eigenvalue weighted by Crippen LogP contribution is -3.00. The minimum atomic E-state index is -0.416. The zero-order valence-electron chi connectivity index (χ0n) is 9.43. The Labute approximate surface area is 91.9 Å². The maximum Gasteiger partial charge on any atom is 0.351 e. The molecular weight excluding hydrogens is 204 g/mol. The Morgan fingerprint density at radius 1 is 1.43 bits per heavy atom. The van der Waals surface area contributed by atoms with E-state index in [0.717, 1.165) is 0 Å². The molecule has 0 aromatic carbocycles. The van der Waals surface area contributed by atoms with Crippen molar-refractivity contribution in [2.45, 2.75) is 20.0 Å². The molecule has 1 N–H and O–H groups in total. The molecule has 14 heavy (non-hydrogen) atoms. The summed E-state index contributed by atoms with van der Waals surface area (Å²) >= 11 is 0. The molecule has 0 amide bonds. The van der Waals surface area contributed by atoms with Crippen molar-refractivity contribution >= 4 is 5.97 Å². The van der Waals surface area contributed by atoms with E-state index in [9.17, 15) is 4.79 Å². The first-order valence-electron chi connectivity index (χ1n) is 4.18. The van der Waals surface area contributed by atoms with Crippen molar-refractivity contribution in [3.63, 3.8) is 0 Å². The molecule has 0 saturated heterocycles. The van der Waals surface area contributed by atoms with Crippen LogP contribution in [0.2, 0.25) is 0 Å². The highest BCUT2D eigenvalue weighted by Crippen LogP contribution is 1.98. The summed E-state index contributed by atoms with van der Waals surface area (Å²) in [5.41, 5.74) is 3.06. The molecule has 0 radical (unpaired) electrons. The van der Waals surface area contributed by atoms with Crippen molar-refractivity contribution in [2.24, 2.45) is 0 Å². The zero-order valence-corrected chi connectivity index (χ0v) is 10.2. The van der Waals surface area contributed by atoms with Gasteiger partial charge in [0, 0.05) is 12.5 Å². The van der Waals surface area contributed by atoms with Gasteiger partial charge in [-0.15, -0.1) is 0 Å². The van der Waals surface area contributed by atoms with Crippen LogP contribution in [-0.4, -0.2) is 37.8 Å². The number of carbonyl (C=O) groups excluding carboxylic acids is 1. The lowest BCUT2D eigenvalue weighted by molar-refractivity contribution is -0.900. The topological polar surface area (TPSA) is 38.3 Å². The summed E-state index contributed by atoms with van der Waals surface area (Å²) in [6.45, 7) is 7.02. The van der Waals surface area contributed by atoms with Crippen LogP contribution in [0, 0.1) is 0 Å². The van der Waals surface area contributed by atoms with Crippen molar-refractivity contribution in [3.05, 3.63) is 12.2 Å². The third-order valence-electron chi connectivity index (χ3n) is 1.83. The number of halogens is 1. The number of hydroxylamine groups is 1. The lowest BCUT2D eigenvalue weighted by atomic mass is 10.4. The molecule has 0 aliphatic carbocycles. The quantitative estimate of drug-likeness (QED) is 0.251. The molecule has 0 spiro atoms. The number of hydrogen-bond acceptors (Lipinski definition) is 3. The summed E-state index contributed by atoms with van der Waals surface area (Å²) in [6.07, 6.45) is 0.0447. The Kier molecular flexibility index (Phi) is 6.81. The van der Waals surface area contributed by atoms with Gasteiger partial charge in [0.15, 0.2) is 6.17 Å². The summed E-state index contributed by atoms with van der Waals surface area (Å²) in [6, 6.07) is 0. The molecule has 0 aliphatic rings. The van der Waals surface area contributed by atoms with Gasteiger partial charge in [0.1, 0.15) is 0 Å². The van der Waals surface area contributed by atoms with Gasteiger partial charge in [-0.25, -0.2) is 4.79 Å². The third kappa shape index (κ3) is 5.96. The van der Waals surface area contributed by atoms with Crippen LogP contribution in [0.5, 0.6) is 0 Å². The van der Waals surface area contributed by atoms with E-state index in [0.29, 0.717) is 10.1 Å². The van der Waals surface area contributed by atoms with Crippen molar-refractivity contribution in [1.82, 2.24) is 5.48 Å². The number of rotatable bonds is 4. The van der Waals surface area contributed by atoms with Crippen molar-refractivity contribution < 1.29 is 26.5 Å². The van der Waals surface area contributed by atoms with E-state index >= 15 is 0 Å². The Bertz CT molecular complexity index is 211. The fraction of sp³-hybridized carbons (Fsp3) is 0.667. The van der Waals surface area contributed by atoms with Crippen molar-refractivity contribution in [1.29, 1.82) is 0 Å². The van der Waals surface area contributed by atoms with E-state index in [4.69, 9.17) is 4.84 Å². The van der Waals surface area contributed by atoms with Crippen LogP contribution in [0.15, 0.2) is 12.2 Å². The first-order valence-corrected chi connectivity index (χ1v) is 4.18. The van der Waals surface area contributed by atoms with E-state index in [1.807, 2.05) is 28.1 Å². The van der Waals surface area contributed by atoms with Crippen molar-refractivity contribution in [3.8, 4) is 0 Å². The summed E-state index contributed by atoms with van der Waals surface area (Å²) < 4.78 is 0.670. The van der Waals surface area contributed by atoms with Crippen molar-refractivity contribution in [2.75, 3.05) is 21.1 Å². The van der Waals surface area contributed by atoms with E-state index in [2.05, 4.69) is 12.1 Å². The largest absolute Gasteiger partial charge is 1.00 e. The second-order valence-electron chi connectivity index (χ2n) is 4.08. The lowest BCUT2D eigenvalue weighted by Gasteiger charge is -2.30. The number of nitrogens with zero attached hydrogens (tertiary/aromatic N) is 1. The summed E-state index contributed by atoms with van der Waals surface area (Å²) in [5, 5.41) is 0. The van der Waals surface area contributed by atoms with Gasteiger partial charge in [-0.1, -0.05) is 12.1 Å². The van der Waals surface area contributed by atoms with Crippen LogP contribution < -0.4 is 17.9 Å². The summed E-state index contributed by atoms with van der Waals surface area (Å²) in [5.74, 6) is -0.416. The van der Waals surface area contributed by atoms with Gasteiger partial charge in [0.25, 0.3) is 0 Å². The minimum Gasteiger partial charge on any atom is -1.00 e. The van der Waals surface area contributed by atoms with Gasteiger partial charge in [-0.05, 0) is 6.92 Å². The molecule has 0 heterocycles. The second-order valence-corrected chi connectivity index (χ2v) is 4.08. The Balaban J connectivity index is 0. The highest BCUT2D eigenvalue weighted by atomic mass is 35.5. The molecule has 1 unspecified atom stereocenters. The molecule has 0 aromatic heterocycles. The zero-order chi connectivity index (χ0) is 10.6. The molecule has 4 nitrogen and oxygen atoms in total. The highest BCUT2D eigenvalue weighted by Gasteiger charge is 2.19. The average molecular weight is 223 g/mol. The monoisotopic (exact) mass is 222 g/mol. The van der Waals surface area contributed by atoms with E-state index < -0.39 is 5.97 Å². The maximum atomic E-state index is 11.0. The van der Waals surface area contributed by atoms with Gasteiger partial charge in [-0.2, -0.15) is 0 Å². The number of nitrogens with one attached hydrogen (secondary N) is 1. The SMILES string of the molecule is C=C(C)C(=O)ONC(C)[N+](C)(C)C.[Cl-]. The second kappa shape index (κ2) is 6.01. The molecule has 5 heteroatoms. The predicted molar refractivity (Wildman–Crippen MR) is 51.5 cm³/mol. The fourth-order valence-electron chi connectivity index (χ4n) is 0.384. The smallest absolute Gasteiger partial charge is 0.351 e. The van der Waals surface area contributed by atoms with Gasteiger partial charge in [0.2, 0.25) is 0 Å². The maximum absolute atomic E-state index is 11.0. The standard InChI is InChI=1S/C9H19N2O2.ClH/c1-7(2)9(12)13-10-8(3)11(4,5)6;/h8,10H,1H2,2-6H3;1H/q+1;/p-1. The van der Waals surface area contributed by atoms with Gasteiger partial charge in [0.05, 0.1) is 21.1 Å². The van der Waals surface area contributed by atoms with Gasteiger partial charge >= 0.3 is 5.97 Å². The Morgan fingerprint density at radius 2 is 1.86 bits per heavy atom. The molecular formula is C9H19ClN2O2. The van der Waals surface area contributed by atoms with Gasteiger partial charge < -0.3 is 21.7 Å². The van der Waals surface area contributed by atoms with Gasteiger partial charge in [-0.3, -0.25) is 0 Å². The Morgan fingerprint density at radius 3 is 2.14 bits per heavy atom. The van der Waals surface area contributed by atoms with Crippen LogP contribution in [0.1, 0.15) is 13.8 Å². The van der Waals surface area contributed by atoms with Crippen LogP contribution in [-0.2, 0) is 9.63 Å². The fourth-order valence-corrected chi connectivity index (χ4v) is 0.384. The molecule has 0 aliphatic heterocycles. The first kappa shape index (κ1) is 15.9. The molecule has 84 valence electrons. The molecule has 0 bridgehead atoms.